The van der Waals surface area contributed by atoms with E-state index in [1.54, 1.807) is 0 Å². The Kier molecular flexibility index (Phi) is 2.89. The molecule has 0 radical (unpaired) electrons. The van der Waals surface area contributed by atoms with Crippen LogP contribution in [0.3, 0.4) is 0 Å². The molecule has 0 bridgehead atoms. The first-order valence-corrected chi connectivity index (χ1v) is 5.78. The van der Waals surface area contributed by atoms with Crippen LogP contribution in [-0.4, -0.2) is 36.1 Å². The summed E-state index contributed by atoms with van der Waals surface area (Å²) in [5, 5.41) is 3.64. The van der Waals surface area contributed by atoms with Crippen molar-refractivity contribution in [2.75, 3.05) is 13.1 Å². The number of hydrogen-bond donors (Lipinski definition) is 1. The fourth-order valence-corrected chi connectivity index (χ4v) is 2.93. The van der Waals surface area contributed by atoms with Gasteiger partial charge in [0.25, 0.3) is 0 Å². The number of likely N-dealkylation sites (tertiary alicyclic amines) is 1. The first-order chi connectivity index (χ1) is 6.29. The highest BCUT2D eigenvalue weighted by molar-refractivity contribution is 4.92. The van der Waals surface area contributed by atoms with E-state index in [0.717, 1.165) is 18.1 Å². The summed E-state index contributed by atoms with van der Waals surface area (Å²) in [5.74, 6) is 0. The van der Waals surface area contributed by atoms with Gasteiger partial charge in [0.2, 0.25) is 0 Å². The molecule has 0 aromatic rings. The van der Waals surface area contributed by atoms with Gasteiger partial charge in [-0.25, -0.2) is 0 Å². The lowest BCUT2D eigenvalue weighted by molar-refractivity contribution is 0.173. The molecule has 2 heterocycles. The Hall–Kier alpha value is -0.0800. The highest BCUT2D eigenvalue weighted by Gasteiger charge is 2.33. The van der Waals surface area contributed by atoms with Crippen molar-refractivity contribution in [2.45, 2.75) is 57.7 Å². The average molecular weight is 182 g/mol. The van der Waals surface area contributed by atoms with Crippen LogP contribution in [0.5, 0.6) is 0 Å². The van der Waals surface area contributed by atoms with Gasteiger partial charge in [-0.05, 0) is 52.6 Å². The monoisotopic (exact) mass is 182 g/mol. The van der Waals surface area contributed by atoms with Crippen molar-refractivity contribution in [3.05, 3.63) is 0 Å². The average Bonchev–Trinajstić information content (AvgIpc) is 2.74. The van der Waals surface area contributed by atoms with Gasteiger partial charge in [-0.15, -0.1) is 0 Å². The van der Waals surface area contributed by atoms with Gasteiger partial charge in [0.15, 0.2) is 0 Å². The fraction of sp³-hybridized carbons (Fsp3) is 1.00. The third-order valence-corrected chi connectivity index (χ3v) is 3.57. The van der Waals surface area contributed by atoms with Crippen LogP contribution >= 0.6 is 0 Å². The van der Waals surface area contributed by atoms with Crippen LogP contribution in [0, 0.1) is 0 Å². The van der Waals surface area contributed by atoms with E-state index >= 15 is 0 Å². The molecule has 0 amide bonds. The molecule has 0 aromatic carbocycles. The van der Waals surface area contributed by atoms with Crippen LogP contribution in [0.1, 0.15) is 39.5 Å². The molecule has 2 heteroatoms. The second kappa shape index (κ2) is 3.97. The van der Waals surface area contributed by atoms with Crippen molar-refractivity contribution < 1.29 is 0 Å². The van der Waals surface area contributed by atoms with Gasteiger partial charge in [0, 0.05) is 18.1 Å². The zero-order valence-corrected chi connectivity index (χ0v) is 8.92. The van der Waals surface area contributed by atoms with Crippen LogP contribution < -0.4 is 5.32 Å². The molecule has 2 rings (SSSR count). The third kappa shape index (κ3) is 1.89. The van der Waals surface area contributed by atoms with Crippen LogP contribution in [-0.2, 0) is 0 Å². The van der Waals surface area contributed by atoms with Gasteiger partial charge in [-0.3, -0.25) is 4.90 Å². The van der Waals surface area contributed by atoms with Gasteiger partial charge in [0.05, 0.1) is 0 Å². The first kappa shape index (κ1) is 9.47. The van der Waals surface area contributed by atoms with E-state index in [4.69, 9.17) is 0 Å². The molecule has 2 aliphatic heterocycles. The van der Waals surface area contributed by atoms with Crippen LogP contribution in [0.15, 0.2) is 0 Å². The van der Waals surface area contributed by atoms with Gasteiger partial charge in [-0.1, -0.05) is 0 Å². The maximum absolute atomic E-state index is 3.64. The maximum atomic E-state index is 3.64. The minimum atomic E-state index is 0.731. The summed E-state index contributed by atoms with van der Waals surface area (Å²) in [6, 6.07) is 2.36. The Labute approximate surface area is 81.7 Å². The van der Waals surface area contributed by atoms with Crippen LogP contribution in [0.25, 0.3) is 0 Å². The molecule has 0 spiro atoms. The van der Waals surface area contributed by atoms with E-state index in [0.29, 0.717) is 0 Å². The molecule has 2 saturated heterocycles. The summed E-state index contributed by atoms with van der Waals surface area (Å²) in [4.78, 5) is 2.68. The second-order valence-corrected chi connectivity index (χ2v) is 4.74. The molecule has 1 N–H and O–H groups in total. The minimum absolute atomic E-state index is 0.731. The quantitative estimate of drug-likeness (QED) is 0.698. The van der Waals surface area contributed by atoms with Crippen molar-refractivity contribution in [3.8, 4) is 0 Å². The number of rotatable bonds is 2. The minimum Gasteiger partial charge on any atom is -0.312 e. The zero-order valence-electron chi connectivity index (χ0n) is 8.92. The normalized spacial score (nSPS) is 36.2. The fourth-order valence-electron chi connectivity index (χ4n) is 2.93. The molecule has 1 unspecified atom stereocenters. The lowest BCUT2D eigenvalue weighted by atomic mass is 10.0. The Morgan fingerprint density at radius 2 is 2.08 bits per heavy atom. The summed E-state index contributed by atoms with van der Waals surface area (Å²) in [6.45, 7) is 7.22. The lowest BCUT2D eigenvalue weighted by Gasteiger charge is -2.32. The van der Waals surface area contributed by atoms with E-state index in [2.05, 4.69) is 24.1 Å². The topological polar surface area (TPSA) is 15.3 Å². The highest BCUT2D eigenvalue weighted by Crippen LogP contribution is 2.26. The summed E-state index contributed by atoms with van der Waals surface area (Å²) >= 11 is 0. The van der Waals surface area contributed by atoms with E-state index < -0.39 is 0 Å². The number of hydrogen-bond acceptors (Lipinski definition) is 2. The second-order valence-electron chi connectivity index (χ2n) is 4.74. The summed E-state index contributed by atoms with van der Waals surface area (Å²) in [5.41, 5.74) is 0. The third-order valence-electron chi connectivity index (χ3n) is 3.57. The number of nitrogens with one attached hydrogen (secondary N) is 1. The molecule has 2 fully saturated rings. The van der Waals surface area contributed by atoms with Crippen molar-refractivity contribution in [2.24, 2.45) is 0 Å². The molecular formula is C11H22N2. The Bertz CT molecular complexity index is 161. The Balaban J connectivity index is 1.96. The summed E-state index contributed by atoms with van der Waals surface area (Å²) in [6.07, 6.45) is 5.60. The zero-order chi connectivity index (χ0) is 9.26. The Morgan fingerprint density at radius 1 is 1.23 bits per heavy atom. The molecular weight excluding hydrogens is 160 g/mol. The van der Waals surface area contributed by atoms with E-state index in [-0.39, 0.29) is 0 Å². The largest absolute Gasteiger partial charge is 0.312 e. The van der Waals surface area contributed by atoms with Crippen molar-refractivity contribution in [3.63, 3.8) is 0 Å². The molecule has 0 aliphatic carbocycles. The van der Waals surface area contributed by atoms with E-state index in [1.807, 2.05) is 0 Å². The number of nitrogens with zero attached hydrogens (tertiary/aromatic N) is 1. The summed E-state index contributed by atoms with van der Waals surface area (Å²) in [7, 11) is 0. The molecule has 2 aliphatic rings. The molecule has 2 atom stereocenters. The lowest BCUT2D eigenvalue weighted by Crippen LogP contribution is -2.46. The van der Waals surface area contributed by atoms with E-state index in [9.17, 15) is 0 Å². The maximum Gasteiger partial charge on any atom is 0.0252 e. The smallest absolute Gasteiger partial charge is 0.0252 e. The predicted octanol–water partition coefficient (Wildman–Crippen LogP) is 1.61. The van der Waals surface area contributed by atoms with Gasteiger partial charge in [0.1, 0.15) is 0 Å². The van der Waals surface area contributed by atoms with Crippen molar-refractivity contribution in [1.82, 2.24) is 10.2 Å². The highest BCUT2D eigenvalue weighted by atomic mass is 15.2. The van der Waals surface area contributed by atoms with Gasteiger partial charge in [-0.2, -0.15) is 0 Å². The molecule has 0 saturated carbocycles. The van der Waals surface area contributed by atoms with Crippen LogP contribution in [0.4, 0.5) is 0 Å². The van der Waals surface area contributed by atoms with Crippen LogP contribution in [0.2, 0.25) is 0 Å². The Morgan fingerprint density at radius 3 is 2.69 bits per heavy atom. The SMILES string of the molecule is CC(C)N1CCC[C@H]1C1CCCN1. The standard InChI is InChI=1S/C11H22N2/c1-9(2)13-8-4-6-11(13)10-5-3-7-12-10/h9-12H,3-8H2,1-2H3/t10?,11-/m0/s1. The van der Waals surface area contributed by atoms with Crippen molar-refractivity contribution in [1.29, 1.82) is 0 Å². The summed E-state index contributed by atoms with van der Waals surface area (Å²) < 4.78 is 0. The van der Waals surface area contributed by atoms with Gasteiger partial charge < -0.3 is 5.32 Å². The van der Waals surface area contributed by atoms with E-state index in [1.165, 1.54) is 38.8 Å². The van der Waals surface area contributed by atoms with Gasteiger partial charge >= 0.3 is 0 Å². The molecule has 0 aromatic heterocycles. The molecule has 2 nitrogen and oxygen atoms in total. The first-order valence-electron chi connectivity index (χ1n) is 5.78. The molecule has 13 heavy (non-hydrogen) atoms. The molecule has 76 valence electrons. The predicted molar refractivity (Wildman–Crippen MR) is 55.9 cm³/mol. The van der Waals surface area contributed by atoms with Crippen molar-refractivity contribution >= 4 is 0 Å².